The molecule has 1 amide bonds. The number of anilines is 1. The Bertz CT molecular complexity index is 1320. The van der Waals surface area contributed by atoms with Gasteiger partial charge >= 0.3 is 11.9 Å². The van der Waals surface area contributed by atoms with Gasteiger partial charge in [0.25, 0.3) is 5.92 Å². The van der Waals surface area contributed by atoms with Gasteiger partial charge in [0.05, 0.1) is 18.1 Å². The molecule has 1 N–H and O–H groups in total. The van der Waals surface area contributed by atoms with Crippen molar-refractivity contribution in [1.29, 1.82) is 0 Å². The van der Waals surface area contributed by atoms with Crippen molar-refractivity contribution in [1.82, 2.24) is 24.3 Å². The average molecular weight is 438 g/mol. The molecule has 32 heavy (non-hydrogen) atoms. The highest BCUT2D eigenvalue weighted by Gasteiger charge is 2.28. The standard InChI is InChI=1S/C21H16F2N6O3/c1-12-8-25-16(7-14(12)21(2,22)23)28-19(30)20(31)32-18-4-3-13(9-27-18)15-10-26-17-11-24-5-6-29(15)17/h3-11H,1-2H3,(H,25,28,30). The Hall–Kier alpha value is -4.28. The zero-order valence-corrected chi connectivity index (χ0v) is 16.9. The van der Waals surface area contributed by atoms with Gasteiger partial charge in [-0.05, 0) is 24.6 Å². The smallest absolute Gasteiger partial charge is 0.400 e. The quantitative estimate of drug-likeness (QED) is 0.385. The molecule has 162 valence electrons. The Morgan fingerprint density at radius 2 is 1.91 bits per heavy atom. The molecule has 0 unspecified atom stereocenters. The first-order valence-corrected chi connectivity index (χ1v) is 9.34. The minimum absolute atomic E-state index is 0.109. The van der Waals surface area contributed by atoms with Crippen molar-refractivity contribution in [3.63, 3.8) is 0 Å². The van der Waals surface area contributed by atoms with Crippen LogP contribution in [0.1, 0.15) is 18.1 Å². The number of nitrogens with zero attached hydrogens (tertiary/aromatic N) is 5. The number of ether oxygens (including phenoxy) is 1. The van der Waals surface area contributed by atoms with Gasteiger partial charge in [-0.25, -0.2) is 28.5 Å². The fourth-order valence-corrected chi connectivity index (χ4v) is 3.02. The molecule has 0 spiro atoms. The molecule has 4 aromatic rings. The first kappa shape index (κ1) is 21.0. The van der Waals surface area contributed by atoms with Crippen molar-refractivity contribution < 1.29 is 23.1 Å². The summed E-state index contributed by atoms with van der Waals surface area (Å²) in [4.78, 5) is 40.3. The van der Waals surface area contributed by atoms with Gasteiger partial charge in [-0.15, -0.1) is 0 Å². The van der Waals surface area contributed by atoms with Gasteiger partial charge < -0.3 is 10.1 Å². The molecule has 0 aromatic carbocycles. The van der Waals surface area contributed by atoms with E-state index in [2.05, 4.69) is 25.3 Å². The van der Waals surface area contributed by atoms with Crippen LogP contribution in [0.5, 0.6) is 5.88 Å². The van der Waals surface area contributed by atoms with Crippen molar-refractivity contribution in [2.45, 2.75) is 19.8 Å². The molecule has 0 aliphatic rings. The number of aryl methyl sites for hydroxylation is 1. The Morgan fingerprint density at radius 1 is 1.09 bits per heavy atom. The van der Waals surface area contributed by atoms with Crippen molar-refractivity contribution in [2.24, 2.45) is 0 Å². The molecule has 11 heteroatoms. The number of hydrogen-bond donors (Lipinski definition) is 1. The van der Waals surface area contributed by atoms with E-state index < -0.39 is 17.8 Å². The van der Waals surface area contributed by atoms with E-state index >= 15 is 0 Å². The molecule has 0 bridgehead atoms. The molecule has 4 aromatic heterocycles. The van der Waals surface area contributed by atoms with Gasteiger partial charge in [0.2, 0.25) is 5.88 Å². The van der Waals surface area contributed by atoms with Gasteiger partial charge in [-0.3, -0.25) is 14.2 Å². The maximum Gasteiger partial charge on any atom is 0.403 e. The van der Waals surface area contributed by atoms with E-state index in [1.54, 1.807) is 30.9 Å². The van der Waals surface area contributed by atoms with E-state index in [1.807, 2.05) is 4.40 Å². The summed E-state index contributed by atoms with van der Waals surface area (Å²) in [6, 6.07) is 4.08. The SMILES string of the molecule is Cc1cnc(NC(=O)C(=O)Oc2ccc(-c3cnc4cnccn34)cn2)cc1C(C)(F)F. The first-order valence-electron chi connectivity index (χ1n) is 9.34. The zero-order chi connectivity index (χ0) is 22.9. The normalized spacial score (nSPS) is 11.4. The average Bonchev–Trinajstić information content (AvgIpc) is 3.19. The Kier molecular flexibility index (Phi) is 5.31. The fraction of sp³-hybridized carbons (Fsp3) is 0.143. The van der Waals surface area contributed by atoms with Crippen molar-refractivity contribution >= 4 is 23.3 Å². The van der Waals surface area contributed by atoms with Crippen molar-refractivity contribution in [3.05, 3.63) is 66.5 Å². The predicted octanol–water partition coefficient (Wildman–Crippen LogP) is 3.15. The molecule has 0 atom stereocenters. The summed E-state index contributed by atoms with van der Waals surface area (Å²) in [5.41, 5.74) is 2.05. The highest BCUT2D eigenvalue weighted by atomic mass is 19.3. The number of nitrogens with one attached hydrogen (secondary N) is 1. The Labute approximate surface area is 180 Å². The lowest BCUT2D eigenvalue weighted by Crippen LogP contribution is -2.28. The highest BCUT2D eigenvalue weighted by Crippen LogP contribution is 2.30. The lowest BCUT2D eigenvalue weighted by atomic mass is 10.1. The van der Waals surface area contributed by atoms with Crippen molar-refractivity contribution in [3.8, 4) is 17.1 Å². The number of aromatic nitrogens is 5. The summed E-state index contributed by atoms with van der Waals surface area (Å²) in [6.07, 6.45) is 9.27. The molecule has 0 aliphatic carbocycles. The van der Waals surface area contributed by atoms with E-state index in [9.17, 15) is 18.4 Å². The minimum atomic E-state index is -3.13. The maximum absolute atomic E-state index is 13.7. The van der Waals surface area contributed by atoms with E-state index in [4.69, 9.17) is 4.74 Å². The third-order valence-corrected chi connectivity index (χ3v) is 4.55. The molecule has 0 aliphatic heterocycles. The van der Waals surface area contributed by atoms with Crippen LogP contribution in [0.2, 0.25) is 0 Å². The third kappa shape index (κ3) is 4.26. The largest absolute Gasteiger partial charge is 0.403 e. The van der Waals surface area contributed by atoms with Crippen LogP contribution in [0.4, 0.5) is 14.6 Å². The molecule has 0 saturated carbocycles. The van der Waals surface area contributed by atoms with Crippen LogP contribution >= 0.6 is 0 Å². The molecule has 4 heterocycles. The summed E-state index contributed by atoms with van der Waals surface area (Å²) >= 11 is 0. The van der Waals surface area contributed by atoms with Crippen LogP contribution in [0.25, 0.3) is 16.9 Å². The van der Waals surface area contributed by atoms with E-state index in [-0.39, 0.29) is 22.8 Å². The van der Waals surface area contributed by atoms with Crippen LogP contribution in [0.15, 0.2) is 55.4 Å². The lowest BCUT2D eigenvalue weighted by molar-refractivity contribution is -0.145. The zero-order valence-electron chi connectivity index (χ0n) is 16.9. The van der Waals surface area contributed by atoms with E-state index in [1.165, 1.54) is 25.4 Å². The Balaban J connectivity index is 1.44. The second-order valence-corrected chi connectivity index (χ2v) is 6.95. The maximum atomic E-state index is 13.7. The highest BCUT2D eigenvalue weighted by molar-refractivity contribution is 6.37. The summed E-state index contributed by atoms with van der Waals surface area (Å²) in [5, 5.41) is 2.15. The van der Waals surface area contributed by atoms with Gasteiger partial charge in [-0.2, -0.15) is 0 Å². The number of pyridine rings is 2. The number of fused-ring (bicyclic) bond motifs is 1. The number of amides is 1. The summed E-state index contributed by atoms with van der Waals surface area (Å²) in [6.45, 7) is 2.20. The molecule has 4 rings (SSSR count). The number of carbonyl (C=O) groups is 2. The topological polar surface area (TPSA) is 111 Å². The lowest BCUT2D eigenvalue weighted by Gasteiger charge is -2.14. The number of halogens is 2. The molecule has 0 radical (unpaired) electrons. The number of esters is 1. The number of imidazole rings is 1. The molecular formula is C21H16F2N6O3. The van der Waals surface area contributed by atoms with E-state index in [0.29, 0.717) is 11.2 Å². The predicted molar refractivity (Wildman–Crippen MR) is 109 cm³/mol. The molecule has 9 nitrogen and oxygen atoms in total. The molecular weight excluding hydrogens is 422 g/mol. The minimum Gasteiger partial charge on any atom is -0.400 e. The monoisotopic (exact) mass is 438 g/mol. The fourth-order valence-electron chi connectivity index (χ4n) is 3.02. The van der Waals surface area contributed by atoms with Crippen molar-refractivity contribution in [2.75, 3.05) is 5.32 Å². The van der Waals surface area contributed by atoms with Crippen LogP contribution < -0.4 is 10.1 Å². The Morgan fingerprint density at radius 3 is 2.62 bits per heavy atom. The second kappa shape index (κ2) is 8.10. The van der Waals surface area contributed by atoms with Gasteiger partial charge in [0.1, 0.15) is 5.82 Å². The summed E-state index contributed by atoms with van der Waals surface area (Å²) < 4.78 is 34.1. The first-order chi connectivity index (χ1) is 15.2. The van der Waals surface area contributed by atoms with Gasteiger partial charge in [-0.1, -0.05) is 0 Å². The van der Waals surface area contributed by atoms with Crippen LogP contribution in [-0.4, -0.2) is 36.2 Å². The van der Waals surface area contributed by atoms with Crippen LogP contribution in [0.3, 0.4) is 0 Å². The van der Waals surface area contributed by atoms with Gasteiger partial charge in [0, 0.05) is 48.9 Å². The number of hydrogen-bond acceptors (Lipinski definition) is 7. The summed E-state index contributed by atoms with van der Waals surface area (Å²) in [7, 11) is 0. The third-order valence-electron chi connectivity index (χ3n) is 4.55. The molecule has 0 fully saturated rings. The van der Waals surface area contributed by atoms with Crippen LogP contribution in [-0.2, 0) is 15.5 Å². The second-order valence-electron chi connectivity index (χ2n) is 6.95. The number of rotatable bonds is 4. The number of alkyl halides is 2. The van der Waals surface area contributed by atoms with E-state index in [0.717, 1.165) is 18.7 Å². The van der Waals surface area contributed by atoms with Gasteiger partial charge in [0.15, 0.2) is 5.65 Å². The van der Waals surface area contributed by atoms with Crippen LogP contribution in [0, 0.1) is 6.92 Å². The number of carbonyl (C=O) groups excluding carboxylic acids is 2. The summed E-state index contributed by atoms with van der Waals surface area (Å²) in [5.74, 6) is -5.87. The molecule has 0 saturated heterocycles.